The van der Waals surface area contributed by atoms with Crippen LogP contribution in [0.25, 0.3) is 11.1 Å². The summed E-state index contributed by atoms with van der Waals surface area (Å²) in [6.45, 7) is 0.293. The predicted octanol–water partition coefficient (Wildman–Crippen LogP) is 0.981. The number of rotatable bonds is 5. The zero-order valence-corrected chi connectivity index (χ0v) is 12.7. The van der Waals surface area contributed by atoms with Crippen LogP contribution in [0.3, 0.4) is 0 Å². The zero-order valence-electron chi connectivity index (χ0n) is 11.9. The van der Waals surface area contributed by atoms with Gasteiger partial charge in [-0.2, -0.15) is 0 Å². The monoisotopic (exact) mass is 321 g/mol. The molecule has 0 aliphatic heterocycles. The number of hydrogen-bond donors (Lipinski definition) is 2. The third kappa shape index (κ3) is 2.97. The molecule has 3 aromatic rings. The molecular formula is C14H15N3O4S. The van der Waals surface area contributed by atoms with E-state index in [1.54, 1.807) is 0 Å². The van der Waals surface area contributed by atoms with Gasteiger partial charge in [-0.3, -0.25) is 4.98 Å². The van der Waals surface area contributed by atoms with E-state index in [9.17, 15) is 13.2 Å². The summed E-state index contributed by atoms with van der Waals surface area (Å²) < 4.78 is 33.8. The fraction of sp³-hybridized carbons (Fsp3) is 0.214. The molecule has 3 rings (SSSR count). The van der Waals surface area contributed by atoms with Crippen LogP contribution in [0, 0.1) is 0 Å². The number of oxazole rings is 1. The Labute approximate surface area is 126 Å². The molecule has 0 saturated carbocycles. The Morgan fingerprint density at radius 1 is 1.32 bits per heavy atom. The highest BCUT2D eigenvalue weighted by atomic mass is 32.2. The number of H-pyrrole nitrogens is 1. The Bertz CT molecular complexity index is 965. The lowest BCUT2D eigenvalue weighted by atomic mass is 10.2. The van der Waals surface area contributed by atoms with Gasteiger partial charge >= 0.3 is 5.76 Å². The van der Waals surface area contributed by atoms with Gasteiger partial charge in [0.05, 0.1) is 10.4 Å². The lowest BCUT2D eigenvalue weighted by Gasteiger charge is -2.06. The maximum Gasteiger partial charge on any atom is 0.417 e. The van der Waals surface area contributed by atoms with Crippen LogP contribution in [-0.4, -0.2) is 24.5 Å². The van der Waals surface area contributed by atoms with E-state index in [2.05, 4.69) is 9.71 Å². The van der Waals surface area contributed by atoms with Gasteiger partial charge in [-0.25, -0.2) is 17.9 Å². The number of hydrogen-bond acceptors (Lipinski definition) is 4. The summed E-state index contributed by atoms with van der Waals surface area (Å²) in [6.07, 6.45) is 4.45. The molecule has 1 aromatic carbocycles. The minimum Gasteiger partial charge on any atom is -0.408 e. The fourth-order valence-corrected chi connectivity index (χ4v) is 3.26. The third-order valence-electron chi connectivity index (χ3n) is 3.30. The van der Waals surface area contributed by atoms with Crippen molar-refractivity contribution in [2.75, 3.05) is 6.54 Å². The summed E-state index contributed by atoms with van der Waals surface area (Å²) in [7, 11) is -1.73. The van der Waals surface area contributed by atoms with Crippen molar-refractivity contribution in [2.45, 2.75) is 11.3 Å². The van der Waals surface area contributed by atoms with Crippen molar-refractivity contribution in [2.24, 2.45) is 7.05 Å². The number of nitrogens with zero attached hydrogens (tertiary/aromatic N) is 1. The molecule has 0 fully saturated rings. The van der Waals surface area contributed by atoms with E-state index >= 15 is 0 Å². The number of aromatic amines is 1. The Kier molecular flexibility index (Phi) is 3.63. The second-order valence-electron chi connectivity index (χ2n) is 5.01. The molecule has 0 aliphatic carbocycles. The number of nitrogens with one attached hydrogen (secondary N) is 2. The van der Waals surface area contributed by atoms with E-state index in [1.165, 1.54) is 18.2 Å². The van der Waals surface area contributed by atoms with Crippen molar-refractivity contribution < 1.29 is 12.8 Å². The standard InChI is InChI=1S/C14H15N3O4S/c1-17-7-5-10(9-17)4-6-15-22(19,20)11-2-3-12-13(8-11)21-14(18)16-12/h2-3,5,7-9,15H,4,6H2,1H3,(H,16,18). The third-order valence-corrected chi connectivity index (χ3v) is 4.76. The summed E-state index contributed by atoms with van der Waals surface area (Å²) in [5, 5.41) is 0. The van der Waals surface area contributed by atoms with Crippen LogP contribution in [0.15, 0.2) is 50.8 Å². The molecule has 2 heterocycles. The van der Waals surface area contributed by atoms with Gasteiger partial charge in [0.2, 0.25) is 10.0 Å². The molecular weight excluding hydrogens is 306 g/mol. The van der Waals surface area contributed by atoms with E-state index < -0.39 is 15.8 Å². The van der Waals surface area contributed by atoms with Crippen molar-refractivity contribution in [3.63, 3.8) is 0 Å². The maximum atomic E-state index is 12.2. The molecule has 8 heteroatoms. The topological polar surface area (TPSA) is 97.1 Å². The molecule has 2 N–H and O–H groups in total. The molecule has 0 aliphatic rings. The zero-order chi connectivity index (χ0) is 15.7. The van der Waals surface area contributed by atoms with Gasteiger partial charge in [-0.1, -0.05) is 0 Å². The first-order valence-electron chi connectivity index (χ1n) is 6.67. The van der Waals surface area contributed by atoms with Crippen molar-refractivity contribution in [1.29, 1.82) is 0 Å². The molecule has 0 amide bonds. The van der Waals surface area contributed by atoms with Gasteiger partial charge in [0.1, 0.15) is 0 Å². The SMILES string of the molecule is Cn1ccc(CCNS(=O)(=O)c2ccc3[nH]c(=O)oc3c2)c1. The minimum atomic E-state index is -3.64. The van der Waals surface area contributed by atoms with Crippen molar-refractivity contribution in [1.82, 2.24) is 14.3 Å². The second kappa shape index (κ2) is 5.47. The van der Waals surface area contributed by atoms with Gasteiger partial charge in [-0.05, 0) is 30.2 Å². The number of aryl methyl sites for hydroxylation is 1. The van der Waals surface area contributed by atoms with E-state index in [0.717, 1.165) is 5.56 Å². The van der Waals surface area contributed by atoms with Crippen LogP contribution in [0.1, 0.15) is 5.56 Å². The largest absolute Gasteiger partial charge is 0.417 e. The Hall–Kier alpha value is -2.32. The first kappa shape index (κ1) is 14.6. The van der Waals surface area contributed by atoms with Crippen LogP contribution in [0.4, 0.5) is 0 Å². The molecule has 0 spiro atoms. The molecule has 2 aromatic heterocycles. The van der Waals surface area contributed by atoms with E-state index in [-0.39, 0.29) is 10.5 Å². The van der Waals surface area contributed by atoms with Crippen molar-refractivity contribution in [3.05, 3.63) is 52.8 Å². The highest BCUT2D eigenvalue weighted by Crippen LogP contribution is 2.16. The van der Waals surface area contributed by atoms with Crippen molar-refractivity contribution >= 4 is 21.1 Å². The van der Waals surface area contributed by atoms with Crippen LogP contribution >= 0.6 is 0 Å². The molecule has 0 unspecified atom stereocenters. The van der Waals surface area contributed by atoms with Crippen LogP contribution in [0.5, 0.6) is 0 Å². The molecule has 0 atom stereocenters. The fourth-order valence-electron chi connectivity index (χ4n) is 2.21. The number of aromatic nitrogens is 2. The summed E-state index contributed by atoms with van der Waals surface area (Å²) in [5.74, 6) is -0.610. The lowest BCUT2D eigenvalue weighted by molar-refractivity contribution is 0.553. The van der Waals surface area contributed by atoms with Gasteiger partial charge < -0.3 is 8.98 Å². The molecule has 22 heavy (non-hydrogen) atoms. The molecule has 7 nitrogen and oxygen atoms in total. The van der Waals surface area contributed by atoms with Crippen molar-refractivity contribution in [3.8, 4) is 0 Å². The first-order chi connectivity index (χ1) is 10.4. The highest BCUT2D eigenvalue weighted by molar-refractivity contribution is 7.89. The number of fused-ring (bicyclic) bond motifs is 1. The molecule has 0 bridgehead atoms. The molecule has 116 valence electrons. The Balaban J connectivity index is 1.74. The first-order valence-corrected chi connectivity index (χ1v) is 8.16. The quantitative estimate of drug-likeness (QED) is 0.732. The van der Waals surface area contributed by atoms with Crippen LogP contribution < -0.4 is 10.5 Å². The number of sulfonamides is 1. The minimum absolute atomic E-state index is 0.0656. The van der Waals surface area contributed by atoms with Gasteiger partial charge in [0.15, 0.2) is 5.58 Å². The van der Waals surface area contributed by atoms with Gasteiger partial charge in [0, 0.05) is 32.1 Å². The maximum absolute atomic E-state index is 12.2. The van der Waals surface area contributed by atoms with E-state index in [1.807, 2.05) is 30.1 Å². The smallest absolute Gasteiger partial charge is 0.408 e. The summed E-state index contributed by atoms with van der Waals surface area (Å²) >= 11 is 0. The highest BCUT2D eigenvalue weighted by Gasteiger charge is 2.15. The van der Waals surface area contributed by atoms with Gasteiger partial charge in [0.25, 0.3) is 0 Å². The Morgan fingerprint density at radius 3 is 2.86 bits per heavy atom. The number of benzene rings is 1. The average Bonchev–Trinajstić information content (AvgIpc) is 3.02. The summed E-state index contributed by atoms with van der Waals surface area (Å²) in [5.41, 5.74) is 1.74. The van der Waals surface area contributed by atoms with Crippen LogP contribution in [0.2, 0.25) is 0 Å². The second-order valence-corrected chi connectivity index (χ2v) is 6.77. The van der Waals surface area contributed by atoms with Crippen LogP contribution in [-0.2, 0) is 23.5 Å². The van der Waals surface area contributed by atoms with E-state index in [4.69, 9.17) is 4.42 Å². The molecule has 0 saturated heterocycles. The lowest BCUT2D eigenvalue weighted by Crippen LogP contribution is -2.25. The van der Waals surface area contributed by atoms with E-state index in [0.29, 0.717) is 18.5 Å². The average molecular weight is 321 g/mol. The predicted molar refractivity (Wildman–Crippen MR) is 81.1 cm³/mol. The Morgan fingerprint density at radius 2 is 2.14 bits per heavy atom. The summed E-state index contributed by atoms with van der Waals surface area (Å²) in [4.78, 5) is 13.6. The normalized spacial score (nSPS) is 12.0. The molecule has 0 radical (unpaired) electrons. The summed E-state index contributed by atoms with van der Waals surface area (Å²) in [6, 6.07) is 6.21. The van der Waals surface area contributed by atoms with Gasteiger partial charge in [-0.15, -0.1) is 0 Å².